The monoisotopic (exact) mass is 609 g/mol. The van der Waals surface area contributed by atoms with Crippen LogP contribution < -0.4 is 4.90 Å². The average Bonchev–Trinajstić information content (AvgIpc) is 3.53. The van der Waals surface area contributed by atoms with Crippen LogP contribution in [-0.2, 0) is 0 Å². The first-order chi connectivity index (χ1) is 23.8. The SMILES string of the molecule is c1ccc(N(c2cc3ccc4cccc5c6cccc7ccc8cccc(c(c2)c3c45)c8c76)c2cccc3oc4ccccc4c23)cc1. The molecular formula is C46H27NO. The number of hydrogen-bond donors (Lipinski definition) is 0. The van der Waals surface area contributed by atoms with E-state index in [0.29, 0.717) is 0 Å². The molecule has 10 aromatic carbocycles. The minimum absolute atomic E-state index is 0.883. The molecule has 11 aromatic rings. The second-order valence-electron chi connectivity index (χ2n) is 12.9. The Labute approximate surface area is 276 Å². The van der Waals surface area contributed by atoms with Crippen LogP contribution in [0, 0.1) is 0 Å². The Morgan fingerprint density at radius 1 is 0.312 bits per heavy atom. The molecule has 1 heterocycles. The fourth-order valence-corrected chi connectivity index (χ4v) is 8.34. The normalized spacial score (nSPS) is 12.2. The zero-order valence-electron chi connectivity index (χ0n) is 25.9. The van der Waals surface area contributed by atoms with Crippen LogP contribution in [-0.4, -0.2) is 0 Å². The summed E-state index contributed by atoms with van der Waals surface area (Å²) in [6.45, 7) is 0. The van der Waals surface area contributed by atoms with Crippen LogP contribution >= 0.6 is 0 Å². The summed E-state index contributed by atoms with van der Waals surface area (Å²) in [5.74, 6) is 0. The number of para-hydroxylation sites is 2. The standard InChI is InChI=1S/C46H27NO/c1-2-13-32(14-3-1)47(39-19-9-21-41-46(39)37-15-4-5-20-40(37)48-41)33-26-31-25-24-30-11-7-17-35-34-16-6-10-28-22-23-29-12-8-18-36(44(29)42(28)34)38(27-33)45(31)43(30)35/h1-27H. The van der Waals surface area contributed by atoms with Gasteiger partial charge in [-0.05, 0) is 107 Å². The molecule has 0 bridgehead atoms. The first kappa shape index (κ1) is 25.8. The predicted octanol–water partition coefficient (Wildman–Crippen LogP) is 13.4. The topological polar surface area (TPSA) is 16.4 Å². The lowest BCUT2D eigenvalue weighted by Crippen LogP contribution is -2.10. The molecule has 2 nitrogen and oxygen atoms in total. The minimum atomic E-state index is 0.883. The molecule has 0 saturated carbocycles. The highest BCUT2D eigenvalue weighted by Gasteiger charge is 2.22. The number of furan rings is 1. The molecule has 0 aliphatic rings. The van der Waals surface area contributed by atoms with Crippen molar-refractivity contribution in [3.63, 3.8) is 0 Å². The molecule has 0 spiro atoms. The quantitative estimate of drug-likeness (QED) is 0.185. The molecule has 0 unspecified atom stereocenters. The number of nitrogens with zero attached hydrogens (tertiary/aromatic N) is 1. The summed E-state index contributed by atoms with van der Waals surface area (Å²) in [6.07, 6.45) is 0. The molecule has 11 rings (SSSR count). The van der Waals surface area contributed by atoms with Crippen molar-refractivity contribution in [3.05, 3.63) is 164 Å². The molecule has 0 amide bonds. The summed E-state index contributed by atoms with van der Waals surface area (Å²) in [6, 6.07) is 59.7. The number of rotatable bonds is 3. The predicted molar refractivity (Wildman–Crippen MR) is 205 cm³/mol. The van der Waals surface area contributed by atoms with Crippen molar-refractivity contribution in [2.45, 2.75) is 0 Å². The van der Waals surface area contributed by atoms with Gasteiger partial charge in [0.2, 0.25) is 0 Å². The molecule has 2 heteroatoms. The zero-order chi connectivity index (χ0) is 31.3. The van der Waals surface area contributed by atoms with Crippen molar-refractivity contribution >= 4 is 104 Å². The van der Waals surface area contributed by atoms with Crippen LogP contribution in [0.1, 0.15) is 0 Å². The number of anilines is 3. The van der Waals surface area contributed by atoms with Crippen LogP contribution in [0.25, 0.3) is 86.6 Å². The highest BCUT2D eigenvalue weighted by molar-refractivity contribution is 6.37. The van der Waals surface area contributed by atoms with Crippen molar-refractivity contribution in [2.75, 3.05) is 4.90 Å². The smallest absolute Gasteiger partial charge is 0.137 e. The third kappa shape index (κ3) is 3.46. The maximum Gasteiger partial charge on any atom is 0.137 e. The van der Waals surface area contributed by atoms with Crippen LogP contribution in [0.4, 0.5) is 17.1 Å². The molecule has 0 fully saturated rings. The Morgan fingerprint density at radius 3 is 1.52 bits per heavy atom. The Morgan fingerprint density at radius 2 is 0.833 bits per heavy atom. The van der Waals surface area contributed by atoms with Crippen molar-refractivity contribution in [1.82, 2.24) is 0 Å². The van der Waals surface area contributed by atoms with Crippen molar-refractivity contribution < 1.29 is 4.42 Å². The lowest BCUT2D eigenvalue weighted by molar-refractivity contribution is 0.669. The van der Waals surface area contributed by atoms with Gasteiger partial charge in [0, 0.05) is 16.8 Å². The van der Waals surface area contributed by atoms with E-state index in [2.05, 4.69) is 163 Å². The molecule has 48 heavy (non-hydrogen) atoms. The van der Waals surface area contributed by atoms with Crippen molar-refractivity contribution in [3.8, 4) is 0 Å². The molecule has 0 aliphatic heterocycles. The zero-order valence-corrected chi connectivity index (χ0v) is 25.9. The number of hydrogen-bond acceptors (Lipinski definition) is 2. The van der Waals surface area contributed by atoms with E-state index in [9.17, 15) is 0 Å². The van der Waals surface area contributed by atoms with Gasteiger partial charge < -0.3 is 9.32 Å². The Balaban J connectivity index is 1.36. The van der Waals surface area contributed by atoms with Gasteiger partial charge in [0.25, 0.3) is 0 Å². The molecule has 222 valence electrons. The van der Waals surface area contributed by atoms with E-state index < -0.39 is 0 Å². The van der Waals surface area contributed by atoms with Gasteiger partial charge in [0.15, 0.2) is 0 Å². The maximum absolute atomic E-state index is 6.39. The van der Waals surface area contributed by atoms with Gasteiger partial charge >= 0.3 is 0 Å². The van der Waals surface area contributed by atoms with Gasteiger partial charge in [-0.2, -0.15) is 0 Å². The second kappa shape index (κ2) is 9.57. The third-order valence-corrected chi connectivity index (χ3v) is 10.3. The van der Waals surface area contributed by atoms with Gasteiger partial charge in [0.1, 0.15) is 11.2 Å². The van der Waals surface area contributed by atoms with E-state index in [1.165, 1.54) is 64.6 Å². The number of benzene rings is 9. The van der Waals surface area contributed by atoms with E-state index in [0.717, 1.165) is 39.0 Å². The highest BCUT2D eigenvalue weighted by Crippen LogP contribution is 2.47. The lowest BCUT2D eigenvalue weighted by atomic mass is 9.87. The van der Waals surface area contributed by atoms with Crippen molar-refractivity contribution in [1.29, 1.82) is 0 Å². The molecule has 0 N–H and O–H groups in total. The van der Waals surface area contributed by atoms with Crippen molar-refractivity contribution in [2.24, 2.45) is 0 Å². The highest BCUT2D eigenvalue weighted by atomic mass is 16.3. The van der Waals surface area contributed by atoms with Crippen LogP contribution in [0.2, 0.25) is 0 Å². The fourth-order valence-electron chi connectivity index (χ4n) is 8.34. The van der Waals surface area contributed by atoms with E-state index in [-0.39, 0.29) is 0 Å². The van der Waals surface area contributed by atoms with Gasteiger partial charge in [-0.25, -0.2) is 0 Å². The summed E-state index contributed by atoms with van der Waals surface area (Å²) in [4.78, 5) is 2.41. The molecule has 0 atom stereocenters. The third-order valence-electron chi connectivity index (χ3n) is 10.3. The van der Waals surface area contributed by atoms with E-state index in [1.54, 1.807) is 0 Å². The molecule has 0 aliphatic carbocycles. The van der Waals surface area contributed by atoms with E-state index in [4.69, 9.17) is 4.42 Å². The summed E-state index contributed by atoms with van der Waals surface area (Å²) in [7, 11) is 0. The number of fused-ring (bicyclic) bond motifs is 5. The lowest BCUT2D eigenvalue weighted by Gasteiger charge is -2.27. The van der Waals surface area contributed by atoms with Gasteiger partial charge in [-0.1, -0.05) is 121 Å². The molecule has 0 radical (unpaired) electrons. The summed E-state index contributed by atoms with van der Waals surface area (Å²) in [5.41, 5.74) is 5.07. The summed E-state index contributed by atoms with van der Waals surface area (Å²) in [5, 5.41) is 17.6. The van der Waals surface area contributed by atoms with Crippen LogP contribution in [0.15, 0.2) is 168 Å². The Kier molecular flexibility index (Phi) is 5.14. The summed E-state index contributed by atoms with van der Waals surface area (Å²) < 4.78 is 6.39. The Bertz CT molecular complexity index is 3060. The fraction of sp³-hybridized carbons (Fsp3) is 0. The largest absolute Gasteiger partial charge is 0.456 e. The second-order valence-corrected chi connectivity index (χ2v) is 12.9. The molecular weight excluding hydrogens is 583 g/mol. The first-order valence-corrected chi connectivity index (χ1v) is 16.5. The molecule has 0 saturated heterocycles. The first-order valence-electron chi connectivity index (χ1n) is 16.5. The van der Waals surface area contributed by atoms with Gasteiger partial charge in [0.05, 0.1) is 11.1 Å². The summed E-state index contributed by atoms with van der Waals surface area (Å²) >= 11 is 0. The Hall–Kier alpha value is -6.38. The maximum atomic E-state index is 6.39. The van der Waals surface area contributed by atoms with E-state index >= 15 is 0 Å². The van der Waals surface area contributed by atoms with Gasteiger partial charge in [-0.3, -0.25) is 0 Å². The van der Waals surface area contributed by atoms with Crippen LogP contribution in [0.3, 0.4) is 0 Å². The van der Waals surface area contributed by atoms with Crippen LogP contribution in [0.5, 0.6) is 0 Å². The average molecular weight is 610 g/mol. The molecule has 1 aromatic heterocycles. The van der Waals surface area contributed by atoms with E-state index in [1.807, 2.05) is 6.07 Å². The minimum Gasteiger partial charge on any atom is -0.456 e. The van der Waals surface area contributed by atoms with Gasteiger partial charge in [-0.15, -0.1) is 0 Å².